The molecule has 2 aromatic carbocycles. The number of ether oxygens (including phenoxy) is 1. The first-order valence-corrected chi connectivity index (χ1v) is 9.87. The monoisotopic (exact) mass is 475 g/mol. The summed E-state index contributed by atoms with van der Waals surface area (Å²) in [7, 11) is -3.68. The van der Waals surface area contributed by atoms with Gasteiger partial charge in [0.25, 0.3) is 10.0 Å². The fraction of sp³-hybridized carbons (Fsp3) is 0.0435. The Kier molecular flexibility index (Phi) is 15.0. The second kappa shape index (κ2) is 16.3. The number of benzene rings is 2. The Morgan fingerprint density at radius 2 is 1.39 bits per heavy atom. The maximum Gasteiger partial charge on any atom is 2.00 e. The normalized spacial score (nSPS) is 13.7. The summed E-state index contributed by atoms with van der Waals surface area (Å²) < 4.78 is 48.3. The Labute approximate surface area is 194 Å². The fourth-order valence-electron chi connectivity index (χ4n) is 2.24. The summed E-state index contributed by atoms with van der Waals surface area (Å²) in [5.41, 5.74) is 1.38. The summed E-state index contributed by atoms with van der Waals surface area (Å²) in [6, 6.07) is 15.5. The van der Waals surface area contributed by atoms with Crippen LogP contribution < -0.4 is 4.74 Å². The minimum atomic E-state index is -3.68. The molecule has 0 amide bonds. The average molecular weight is 475 g/mol. The van der Waals surface area contributed by atoms with Crippen LogP contribution in [0.1, 0.15) is 5.56 Å². The summed E-state index contributed by atoms with van der Waals surface area (Å²) in [6.45, 7) is 9.25. The number of sulfonamides is 1. The van der Waals surface area contributed by atoms with Crippen molar-refractivity contribution >= 4 is 16.2 Å². The van der Waals surface area contributed by atoms with Crippen LogP contribution >= 0.6 is 0 Å². The topological polar surface area (TPSA) is 95.5 Å². The first-order chi connectivity index (χ1) is 14.6. The molecule has 4 rings (SSSR count). The van der Waals surface area contributed by atoms with Gasteiger partial charge >= 0.3 is 39.7 Å². The molecule has 0 atom stereocenters. The summed E-state index contributed by atoms with van der Waals surface area (Å²) in [5, 5.41) is 0. The minimum Gasteiger partial charge on any atom is -0.0312 e. The van der Waals surface area contributed by atoms with Crippen molar-refractivity contribution in [2.24, 2.45) is 4.40 Å². The zero-order valence-corrected chi connectivity index (χ0v) is 18.0. The van der Waals surface area contributed by atoms with Gasteiger partial charge in [0.1, 0.15) is 0 Å². The molecule has 0 N–H and O–H groups in total. The molecule has 0 spiro atoms. The minimum absolute atomic E-state index is 0. The van der Waals surface area contributed by atoms with Gasteiger partial charge in [0.2, 0.25) is 0 Å². The van der Waals surface area contributed by atoms with Crippen molar-refractivity contribution in [3.8, 4) is 5.75 Å². The molecule has 1 saturated carbocycles. The molecule has 1 heterocycles. The first kappa shape index (κ1) is 28.6. The maximum absolute atomic E-state index is 12.0. The van der Waals surface area contributed by atoms with Crippen LogP contribution in [0.4, 0.5) is 0 Å². The summed E-state index contributed by atoms with van der Waals surface area (Å²) in [5.74, 6) is 0.737. The predicted octanol–water partition coefficient (Wildman–Crippen LogP) is 3.56. The quantitative estimate of drug-likeness (QED) is 0.294. The molecule has 0 aromatic heterocycles. The van der Waals surface area contributed by atoms with Crippen molar-refractivity contribution in [1.29, 1.82) is 0 Å². The molecule has 0 saturated heterocycles. The van der Waals surface area contributed by atoms with Crippen LogP contribution in [0.25, 0.3) is 0 Å². The molecule has 1 aliphatic heterocycles. The van der Waals surface area contributed by atoms with Crippen molar-refractivity contribution in [2.45, 2.75) is 4.90 Å². The molecule has 1 fully saturated rings. The van der Waals surface area contributed by atoms with Gasteiger partial charge in [0.15, 0.2) is 0 Å². The molecular weight excluding hydrogens is 458 g/mol. The van der Waals surface area contributed by atoms with Gasteiger partial charge in [0.05, 0.1) is 11.5 Å². The van der Waals surface area contributed by atoms with E-state index in [9.17, 15) is 8.42 Å². The largest absolute Gasteiger partial charge is 2.00 e. The Hall–Kier alpha value is -2.40. The molecule has 5 radical (unpaired) electrons. The predicted molar refractivity (Wildman–Crippen MR) is 109 cm³/mol. The van der Waals surface area contributed by atoms with Crippen molar-refractivity contribution in [1.82, 2.24) is 0 Å². The van der Waals surface area contributed by atoms with Crippen LogP contribution in [0.15, 0.2) is 69.5 Å². The summed E-state index contributed by atoms with van der Waals surface area (Å²) >= 11 is 0. The van der Waals surface area contributed by atoms with Crippen LogP contribution in [0.2, 0.25) is 0 Å². The zero-order chi connectivity index (χ0) is 22.2. The van der Waals surface area contributed by atoms with E-state index in [1.807, 2.05) is 56.4 Å². The molecule has 0 bridgehead atoms. The standard InChI is InChI=1S/C16H12NO3S.C5H5.2CO.Fe/c18-21(19,15-7-2-1-3-8-15)17-11-13-10-14-6-4-5-9-16(14)20-12-13;1-2-4-5-3-1;2*1-2;/h1-9,11H,12H2;1-5H;;;/q-1;;;;+2/b17-11+;;;;. The van der Waals surface area contributed by atoms with Gasteiger partial charge < -0.3 is 4.74 Å². The third kappa shape index (κ3) is 9.97. The molecule has 31 heavy (non-hydrogen) atoms. The molecule has 157 valence electrons. The molecule has 6 nitrogen and oxygen atoms in total. The van der Waals surface area contributed by atoms with Crippen LogP contribution in [0, 0.1) is 51.5 Å². The summed E-state index contributed by atoms with van der Waals surface area (Å²) in [6.07, 6.45) is 14.4. The van der Waals surface area contributed by atoms with Gasteiger partial charge in [-0.05, 0) is 50.5 Å². The number of hydrogen-bond donors (Lipinski definition) is 0. The van der Waals surface area contributed by atoms with E-state index >= 15 is 0 Å². The Balaban J connectivity index is 0.000000768. The number of rotatable bonds is 3. The van der Waals surface area contributed by atoms with Gasteiger partial charge in [-0.3, -0.25) is 0 Å². The third-order valence-electron chi connectivity index (χ3n) is 3.51. The Morgan fingerprint density at radius 1 is 0.871 bits per heavy atom. The number of nitrogens with zero attached hydrogens (tertiary/aromatic N) is 1. The van der Waals surface area contributed by atoms with Crippen molar-refractivity contribution < 1.29 is 39.5 Å². The van der Waals surface area contributed by atoms with Crippen LogP contribution in [0.5, 0.6) is 5.75 Å². The van der Waals surface area contributed by atoms with Crippen molar-refractivity contribution in [3.63, 3.8) is 0 Å². The van der Waals surface area contributed by atoms with Crippen LogP contribution in [-0.2, 0) is 36.4 Å². The van der Waals surface area contributed by atoms with Gasteiger partial charge in [-0.1, -0.05) is 35.9 Å². The molecule has 0 unspecified atom stereocenters. The SMILES string of the molecule is O=S(=O)(/N=C/C1=[C-]c2ccccc2OC1)c1ccccc1.[C-]#[O+].[C-]#[O+].[CH]1[CH][CH][CH][CH]1.[Fe+2]. The van der Waals surface area contributed by atoms with Gasteiger partial charge in [-0.15, -0.1) is 23.8 Å². The van der Waals surface area contributed by atoms with Gasteiger partial charge in [0, 0.05) is 5.75 Å². The van der Waals surface area contributed by atoms with E-state index in [0.29, 0.717) is 5.57 Å². The molecule has 1 aliphatic carbocycles. The zero-order valence-electron chi connectivity index (χ0n) is 16.1. The Bertz CT molecular complexity index is 965. The Morgan fingerprint density at radius 3 is 1.97 bits per heavy atom. The average Bonchev–Trinajstić information content (AvgIpc) is 3.41. The van der Waals surface area contributed by atoms with Crippen molar-refractivity contribution in [3.05, 3.63) is 117 Å². The molecule has 2 aromatic rings. The molecule has 8 heteroatoms. The second-order valence-electron chi connectivity index (χ2n) is 5.42. The number of para-hydroxylation sites is 1. The van der Waals surface area contributed by atoms with Gasteiger partial charge in [-0.25, -0.2) is 12.8 Å². The van der Waals surface area contributed by atoms with E-state index in [1.165, 1.54) is 18.3 Å². The fourth-order valence-corrected chi connectivity index (χ4v) is 3.13. The van der Waals surface area contributed by atoms with Crippen LogP contribution in [-0.4, -0.2) is 21.2 Å². The number of hydrogen-bond acceptors (Lipinski definition) is 3. The van der Waals surface area contributed by atoms with E-state index in [1.54, 1.807) is 18.2 Å². The third-order valence-corrected chi connectivity index (χ3v) is 4.76. The van der Waals surface area contributed by atoms with E-state index in [0.717, 1.165) is 11.3 Å². The van der Waals surface area contributed by atoms with E-state index in [2.05, 4.69) is 23.8 Å². The maximum atomic E-state index is 12.0. The first-order valence-electron chi connectivity index (χ1n) is 8.43. The van der Waals surface area contributed by atoms with E-state index < -0.39 is 10.0 Å². The smallest absolute Gasteiger partial charge is 0.0312 e. The van der Waals surface area contributed by atoms with Crippen molar-refractivity contribution in [2.75, 3.05) is 6.61 Å². The molecule has 2 aliphatic rings. The molecular formula is C23H17FeNO5S+. The van der Waals surface area contributed by atoms with Crippen LogP contribution in [0.3, 0.4) is 0 Å². The van der Waals surface area contributed by atoms with E-state index in [-0.39, 0.29) is 28.6 Å². The van der Waals surface area contributed by atoms with E-state index in [4.69, 9.17) is 14.0 Å². The number of fused-ring (bicyclic) bond motifs is 1. The second-order valence-corrected chi connectivity index (χ2v) is 7.05. The summed E-state index contributed by atoms with van der Waals surface area (Å²) in [4.78, 5) is 0.166. The van der Waals surface area contributed by atoms with Gasteiger partial charge in [-0.2, -0.15) is 0 Å².